The molecule has 0 atom stereocenters. The lowest BCUT2D eigenvalue weighted by molar-refractivity contribution is 0.0950. The molecule has 2 aromatic heterocycles. The van der Waals surface area contributed by atoms with Crippen LogP contribution in [0.1, 0.15) is 21.5 Å². The highest BCUT2D eigenvalue weighted by atomic mass is 19.1. The van der Waals surface area contributed by atoms with Gasteiger partial charge >= 0.3 is 0 Å². The smallest absolute Gasteiger partial charge is 0.258 e. The Morgan fingerprint density at radius 3 is 2.66 bits per heavy atom. The van der Waals surface area contributed by atoms with Crippen LogP contribution in [-0.2, 0) is 13.6 Å². The van der Waals surface area contributed by atoms with Gasteiger partial charge in [-0.05, 0) is 35.4 Å². The fraction of sp³-hybridized carbons (Fsp3) is 0.143. The van der Waals surface area contributed by atoms with Crippen LogP contribution in [0.5, 0.6) is 5.88 Å². The highest BCUT2D eigenvalue weighted by molar-refractivity contribution is 5.95. The van der Waals surface area contributed by atoms with Gasteiger partial charge in [-0.1, -0.05) is 12.1 Å². The zero-order valence-corrected chi connectivity index (χ0v) is 15.8. The van der Waals surface area contributed by atoms with Crippen LogP contribution in [0.25, 0.3) is 11.1 Å². The van der Waals surface area contributed by atoms with Crippen molar-refractivity contribution < 1.29 is 13.9 Å². The summed E-state index contributed by atoms with van der Waals surface area (Å²) in [6.07, 6.45) is 2.84. The Labute approximate surface area is 166 Å². The molecule has 0 aliphatic heterocycles. The molecular weight excluding hydrogens is 375 g/mol. The molecule has 3 rings (SSSR count). The van der Waals surface area contributed by atoms with E-state index in [1.807, 2.05) is 6.07 Å². The van der Waals surface area contributed by atoms with E-state index in [-0.39, 0.29) is 23.5 Å². The number of aryl methyl sites for hydroxylation is 1. The van der Waals surface area contributed by atoms with Crippen molar-refractivity contribution in [3.05, 3.63) is 81.7 Å². The Balaban J connectivity index is 1.83. The summed E-state index contributed by atoms with van der Waals surface area (Å²) in [7, 11) is 2.87. The van der Waals surface area contributed by atoms with Gasteiger partial charge < -0.3 is 14.6 Å². The average molecular weight is 392 g/mol. The van der Waals surface area contributed by atoms with Crippen LogP contribution in [0.15, 0.2) is 53.6 Å². The maximum atomic E-state index is 13.7. The lowest BCUT2D eigenvalue weighted by atomic mass is 10.0. The van der Waals surface area contributed by atoms with Gasteiger partial charge in [0.05, 0.1) is 24.3 Å². The number of aromatic nitrogens is 2. The molecule has 0 radical (unpaired) electrons. The molecule has 29 heavy (non-hydrogen) atoms. The number of carbonyl (C=O) groups excluding carboxylic acids is 1. The fourth-order valence-electron chi connectivity index (χ4n) is 2.76. The highest BCUT2D eigenvalue weighted by Crippen LogP contribution is 2.18. The number of benzene rings is 1. The van der Waals surface area contributed by atoms with Crippen molar-refractivity contribution in [1.29, 1.82) is 5.26 Å². The van der Waals surface area contributed by atoms with E-state index in [2.05, 4.69) is 10.3 Å². The van der Waals surface area contributed by atoms with Crippen molar-refractivity contribution in [3.8, 4) is 23.1 Å². The molecule has 1 amide bonds. The van der Waals surface area contributed by atoms with E-state index in [1.165, 1.54) is 36.2 Å². The van der Waals surface area contributed by atoms with Gasteiger partial charge in [-0.15, -0.1) is 0 Å². The lowest BCUT2D eigenvalue weighted by Crippen LogP contribution is -2.26. The van der Waals surface area contributed by atoms with Gasteiger partial charge in [0, 0.05) is 31.5 Å². The molecule has 0 unspecified atom stereocenters. The maximum Gasteiger partial charge on any atom is 0.258 e. The molecule has 0 aliphatic carbocycles. The predicted octanol–water partition coefficient (Wildman–Crippen LogP) is 2.40. The largest absolute Gasteiger partial charge is 0.479 e. The number of nitrogens with one attached hydrogen (secondary N) is 1. The van der Waals surface area contributed by atoms with Crippen molar-refractivity contribution in [2.45, 2.75) is 6.54 Å². The quantitative estimate of drug-likeness (QED) is 0.719. The number of hydrogen-bond donors (Lipinski definition) is 1. The summed E-state index contributed by atoms with van der Waals surface area (Å²) < 4.78 is 19.8. The van der Waals surface area contributed by atoms with Crippen LogP contribution in [0.3, 0.4) is 0 Å². The molecule has 2 heterocycles. The topological polar surface area (TPSA) is 97.0 Å². The Morgan fingerprint density at radius 2 is 2.03 bits per heavy atom. The minimum atomic E-state index is -0.621. The number of rotatable bonds is 5. The van der Waals surface area contributed by atoms with Gasteiger partial charge in [0.15, 0.2) is 5.82 Å². The Kier molecular flexibility index (Phi) is 5.69. The third-order valence-corrected chi connectivity index (χ3v) is 4.28. The number of nitrogens with zero attached hydrogens (tertiary/aromatic N) is 3. The van der Waals surface area contributed by atoms with Crippen molar-refractivity contribution in [2.75, 3.05) is 7.11 Å². The van der Waals surface area contributed by atoms with E-state index in [1.54, 1.807) is 31.3 Å². The van der Waals surface area contributed by atoms with E-state index < -0.39 is 11.7 Å². The van der Waals surface area contributed by atoms with Gasteiger partial charge in [-0.2, -0.15) is 5.26 Å². The highest BCUT2D eigenvalue weighted by Gasteiger charge is 2.13. The predicted molar refractivity (Wildman–Crippen MR) is 104 cm³/mol. The molecule has 7 nitrogen and oxygen atoms in total. The summed E-state index contributed by atoms with van der Waals surface area (Å²) in [5, 5.41) is 11.6. The monoisotopic (exact) mass is 392 g/mol. The van der Waals surface area contributed by atoms with Crippen LogP contribution in [0.2, 0.25) is 0 Å². The molecule has 8 heteroatoms. The molecule has 0 saturated heterocycles. The number of nitriles is 1. The normalized spacial score (nSPS) is 10.3. The number of ether oxygens (including phenoxy) is 1. The Hall–Kier alpha value is -3.99. The first-order chi connectivity index (χ1) is 13.9. The second-order valence-electron chi connectivity index (χ2n) is 6.27. The average Bonchev–Trinajstić information content (AvgIpc) is 2.74. The van der Waals surface area contributed by atoms with Crippen molar-refractivity contribution >= 4 is 5.91 Å². The summed E-state index contributed by atoms with van der Waals surface area (Å²) in [6.45, 7) is 0.0573. The summed E-state index contributed by atoms with van der Waals surface area (Å²) in [6, 6.07) is 11.3. The van der Waals surface area contributed by atoms with E-state index in [9.17, 15) is 14.0 Å². The minimum absolute atomic E-state index is 0.0573. The van der Waals surface area contributed by atoms with Gasteiger partial charge in [-0.25, -0.2) is 9.37 Å². The number of pyridine rings is 2. The van der Waals surface area contributed by atoms with Crippen LogP contribution in [0.4, 0.5) is 4.39 Å². The molecule has 1 N–H and O–H groups in total. The molecule has 3 aromatic rings. The number of halogens is 1. The first-order valence-corrected chi connectivity index (χ1v) is 8.60. The molecule has 0 bridgehead atoms. The standard InChI is InChI=1S/C21H17FN4O3/c1-26-12-16(8-17(21(26)28)15-5-3-13(9-23)4-6-15)19(27)24-10-14-7-18(22)20(29-2)25-11-14/h3-8,11-12H,10H2,1-2H3,(H,24,27). The summed E-state index contributed by atoms with van der Waals surface area (Å²) >= 11 is 0. The first kappa shape index (κ1) is 19.8. The molecule has 0 spiro atoms. The summed E-state index contributed by atoms with van der Waals surface area (Å²) in [5.74, 6) is -1.17. The lowest BCUT2D eigenvalue weighted by Gasteiger charge is -2.10. The van der Waals surface area contributed by atoms with E-state index in [0.29, 0.717) is 22.3 Å². The van der Waals surface area contributed by atoms with Crippen LogP contribution >= 0.6 is 0 Å². The fourth-order valence-corrected chi connectivity index (χ4v) is 2.76. The maximum absolute atomic E-state index is 13.7. The second kappa shape index (κ2) is 8.35. The Bertz CT molecular complexity index is 1160. The number of carbonyl (C=O) groups is 1. The third-order valence-electron chi connectivity index (χ3n) is 4.28. The number of methoxy groups -OCH3 is 1. The summed E-state index contributed by atoms with van der Waals surface area (Å²) in [4.78, 5) is 28.9. The van der Waals surface area contributed by atoms with Crippen LogP contribution in [0, 0.1) is 17.1 Å². The SMILES string of the molecule is COc1ncc(CNC(=O)c2cc(-c3ccc(C#N)cc3)c(=O)n(C)c2)cc1F. The third kappa shape index (κ3) is 4.30. The first-order valence-electron chi connectivity index (χ1n) is 8.60. The molecule has 0 fully saturated rings. The zero-order chi connectivity index (χ0) is 21.0. The molecule has 146 valence electrons. The zero-order valence-electron chi connectivity index (χ0n) is 15.8. The number of hydrogen-bond acceptors (Lipinski definition) is 5. The van der Waals surface area contributed by atoms with Gasteiger partial charge in [-0.3, -0.25) is 9.59 Å². The molecular formula is C21H17FN4O3. The van der Waals surface area contributed by atoms with Crippen LogP contribution in [-0.4, -0.2) is 22.6 Å². The van der Waals surface area contributed by atoms with Crippen LogP contribution < -0.4 is 15.6 Å². The van der Waals surface area contributed by atoms with Gasteiger partial charge in [0.1, 0.15) is 0 Å². The summed E-state index contributed by atoms with van der Waals surface area (Å²) in [5.41, 5.74) is 1.87. The van der Waals surface area contributed by atoms with E-state index in [4.69, 9.17) is 10.00 Å². The molecule has 0 aliphatic rings. The molecule has 1 aromatic carbocycles. The van der Waals surface area contributed by atoms with Gasteiger partial charge in [0.2, 0.25) is 5.88 Å². The van der Waals surface area contributed by atoms with E-state index >= 15 is 0 Å². The second-order valence-corrected chi connectivity index (χ2v) is 6.27. The van der Waals surface area contributed by atoms with E-state index in [0.717, 1.165) is 0 Å². The van der Waals surface area contributed by atoms with Crippen molar-refractivity contribution in [1.82, 2.24) is 14.9 Å². The van der Waals surface area contributed by atoms with Gasteiger partial charge in [0.25, 0.3) is 11.5 Å². The Morgan fingerprint density at radius 1 is 1.31 bits per heavy atom. The molecule has 0 saturated carbocycles. The number of amides is 1. The van der Waals surface area contributed by atoms with Crippen molar-refractivity contribution in [3.63, 3.8) is 0 Å². The van der Waals surface area contributed by atoms with Crippen molar-refractivity contribution in [2.24, 2.45) is 7.05 Å². The minimum Gasteiger partial charge on any atom is -0.479 e.